The molecule has 100 valence electrons. The first-order chi connectivity index (χ1) is 8.47. The summed E-state index contributed by atoms with van der Waals surface area (Å²) in [6.07, 6.45) is 3.09. The lowest BCUT2D eigenvalue weighted by Crippen LogP contribution is -2.35. The van der Waals surface area contributed by atoms with Crippen molar-refractivity contribution in [1.82, 2.24) is 4.90 Å². The van der Waals surface area contributed by atoms with Crippen LogP contribution >= 0.6 is 11.8 Å². The van der Waals surface area contributed by atoms with Gasteiger partial charge in [0.05, 0.1) is 0 Å². The van der Waals surface area contributed by atoms with Gasteiger partial charge >= 0.3 is 0 Å². The first-order valence-corrected chi connectivity index (χ1v) is 7.49. The largest absolute Gasteiger partial charge is 0.399 e. The monoisotopic (exact) mass is 266 g/mol. The summed E-state index contributed by atoms with van der Waals surface area (Å²) in [7, 11) is 1.86. The number of hydrogen-bond acceptors (Lipinski definition) is 3. The van der Waals surface area contributed by atoms with Gasteiger partial charge in [-0.05, 0) is 56.0 Å². The molecule has 1 amide bonds. The van der Waals surface area contributed by atoms with Crippen LogP contribution in [0.2, 0.25) is 0 Å². The Bertz CT molecular complexity index is 420. The van der Waals surface area contributed by atoms with Crippen LogP contribution in [0.15, 0.2) is 18.2 Å². The van der Waals surface area contributed by atoms with Gasteiger partial charge in [0, 0.05) is 24.3 Å². The van der Waals surface area contributed by atoms with Gasteiger partial charge < -0.3 is 10.6 Å². The predicted molar refractivity (Wildman–Crippen MR) is 80.1 cm³/mol. The quantitative estimate of drug-likeness (QED) is 0.834. The minimum Gasteiger partial charge on any atom is -0.399 e. The average Bonchev–Trinajstić information content (AvgIpc) is 2.37. The van der Waals surface area contributed by atoms with Crippen LogP contribution in [0.25, 0.3) is 0 Å². The number of carbonyl (C=O) groups is 1. The highest BCUT2D eigenvalue weighted by Crippen LogP contribution is 2.16. The molecule has 18 heavy (non-hydrogen) atoms. The van der Waals surface area contributed by atoms with E-state index in [1.54, 1.807) is 28.8 Å². The number of nitrogen functional groups attached to an aromatic ring is 1. The first kappa shape index (κ1) is 14.9. The topological polar surface area (TPSA) is 46.3 Å². The van der Waals surface area contributed by atoms with E-state index in [0.717, 1.165) is 23.4 Å². The van der Waals surface area contributed by atoms with Crippen LogP contribution in [0.4, 0.5) is 5.69 Å². The summed E-state index contributed by atoms with van der Waals surface area (Å²) in [4.78, 5) is 14.1. The molecule has 1 rings (SSSR count). The third-order valence-electron chi connectivity index (χ3n) is 3.24. The smallest absolute Gasteiger partial charge is 0.253 e. The molecule has 0 heterocycles. The van der Waals surface area contributed by atoms with Gasteiger partial charge in [0.25, 0.3) is 5.91 Å². The van der Waals surface area contributed by atoms with Crippen LogP contribution in [-0.4, -0.2) is 35.9 Å². The van der Waals surface area contributed by atoms with E-state index in [1.807, 2.05) is 20.0 Å². The molecule has 1 unspecified atom stereocenters. The second kappa shape index (κ2) is 6.69. The molecule has 0 aromatic heterocycles. The van der Waals surface area contributed by atoms with Crippen molar-refractivity contribution in [1.29, 1.82) is 0 Å². The fourth-order valence-electron chi connectivity index (χ4n) is 1.69. The lowest BCUT2D eigenvalue weighted by Gasteiger charge is -2.25. The van der Waals surface area contributed by atoms with Crippen LogP contribution < -0.4 is 5.73 Å². The number of benzene rings is 1. The standard InChI is InChI=1S/C14H22N2OS/c1-10-9-12(5-6-13(10)15)14(17)16(3)11(2)7-8-18-4/h5-6,9,11H,7-8,15H2,1-4H3. The maximum absolute atomic E-state index is 12.3. The zero-order chi connectivity index (χ0) is 13.7. The Morgan fingerprint density at radius 2 is 2.17 bits per heavy atom. The molecule has 3 nitrogen and oxygen atoms in total. The lowest BCUT2D eigenvalue weighted by atomic mass is 10.1. The molecule has 1 atom stereocenters. The molecule has 1 aromatic carbocycles. The molecule has 0 bridgehead atoms. The second-order valence-electron chi connectivity index (χ2n) is 4.62. The van der Waals surface area contributed by atoms with E-state index in [4.69, 9.17) is 5.73 Å². The minimum atomic E-state index is 0.0618. The van der Waals surface area contributed by atoms with E-state index in [1.165, 1.54) is 0 Å². The van der Waals surface area contributed by atoms with Crippen LogP contribution in [0, 0.1) is 6.92 Å². The molecule has 0 spiro atoms. The number of anilines is 1. The van der Waals surface area contributed by atoms with Crippen molar-refractivity contribution in [3.05, 3.63) is 29.3 Å². The summed E-state index contributed by atoms with van der Waals surface area (Å²) in [5.74, 6) is 1.13. The third kappa shape index (κ3) is 3.67. The number of nitrogens with two attached hydrogens (primary N) is 1. The average molecular weight is 266 g/mol. The summed E-state index contributed by atoms with van der Waals surface area (Å²) in [6.45, 7) is 4.00. The molecule has 0 fully saturated rings. The highest BCUT2D eigenvalue weighted by molar-refractivity contribution is 7.98. The van der Waals surface area contributed by atoms with Crippen molar-refractivity contribution in [2.75, 3.05) is 24.8 Å². The Morgan fingerprint density at radius 3 is 2.72 bits per heavy atom. The van der Waals surface area contributed by atoms with E-state index in [9.17, 15) is 4.79 Å². The molecular formula is C14H22N2OS. The number of thioether (sulfide) groups is 1. The van der Waals surface area contributed by atoms with Crippen LogP contribution in [-0.2, 0) is 0 Å². The van der Waals surface area contributed by atoms with Gasteiger partial charge in [0.2, 0.25) is 0 Å². The molecule has 0 saturated heterocycles. The Morgan fingerprint density at radius 1 is 1.50 bits per heavy atom. The van der Waals surface area contributed by atoms with Gasteiger partial charge in [0.1, 0.15) is 0 Å². The number of hydrogen-bond donors (Lipinski definition) is 1. The molecular weight excluding hydrogens is 244 g/mol. The second-order valence-corrected chi connectivity index (χ2v) is 5.60. The number of rotatable bonds is 5. The molecule has 0 aliphatic rings. The van der Waals surface area contributed by atoms with Crippen molar-refractivity contribution >= 4 is 23.4 Å². The Kier molecular flexibility index (Phi) is 5.54. The number of aryl methyl sites for hydroxylation is 1. The van der Waals surface area contributed by atoms with Crippen LogP contribution in [0.3, 0.4) is 0 Å². The van der Waals surface area contributed by atoms with Crippen molar-refractivity contribution in [2.45, 2.75) is 26.3 Å². The Balaban J connectivity index is 2.76. The Labute approximate surface area is 114 Å². The summed E-state index contributed by atoms with van der Waals surface area (Å²) >= 11 is 1.80. The van der Waals surface area contributed by atoms with Gasteiger partial charge in [0.15, 0.2) is 0 Å². The van der Waals surface area contributed by atoms with Crippen molar-refractivity contribution in [3.8, 4) is 0 Å². The maximum atomic E-state index is 12.3. The van der Waals surface area contributed by atoms with E-state index in [0.29, 0.717) is 5.56 Å². The normalized spacial score (nSPS) is 12.2. The Hall–Kier alpha value is -1.16. The van der Waals surface area contributed by atoms with Crippen molar-refractivity contribution in [3.63, 3.8) is 0 Å². The van der Waals surface area contributed by atoms with E-state index < -0.39 is 0 Å². The number of carbonyl (C=O) groups excluding carboxylic acids is 1. The van der Waals surface area contributed by atoms with Crippen molar-refractivity contribution < 1.29 is 4.79 Å². The SMILES string of the molecule is CSCCC(C)N(C)C(=O)c1ccc(N)c(C)c1. The third-order valence-corrected chi connectivity index (χ3v) is 3.88. The summed E-state index contributed by atoms with van der Waals surface area (Å²) < 4.78 is 0. The summed E-state index contributed by atoms with van der Waals surface area (Å²) in [5.41, 5.74) is 8.15. The first-order valence-electron chi connectivity index (χ1n) is 6.09. The predicted octanol–water partition coefficient (Wildman–Crippen LogP) is 2.79. The maximum Gasteiger partial charge on any atom is 0.253 e. The van der Waals surface area contributed by atoms with Gasteiger partial charge in [-0.1, -0.05) is 0 Å². The minimum absolute atomic E-state index is 0.0618. The molecule has 4 heteroatoms. The van der Waals surface area contributed by atoms with Gasteiger partial charge in [-0.25, -0.2) is 0 Å². The zero-order valence-corrected chi connectivity index (χ0v) is 12.4. The van der Waals surface area contributed by atoms with Crippen molar-refractivity contribution in [2.24, 2.45) is 0 Å². The lowest BCUT2D eigenvalue weighted by molar-refractivity contribution is 0.0741. The molecule has 2 N–H and O–H groups in total. The highest BCUT2D eigenvalue weighted by atomic mass is 32.2. The fraction of sp³-hybridized carbons (Fsp3) is 0.500. The highest BCUT2D eigenvalue weighted by Gasteiger charge is 2.17. The van der Waals surface area contributed by atoms with E-state index >= 15 is 0 Å². The van der Waals surface area contributed by atoms with Crippen LogP contribution in [0.1, 0.15) is 29.3 Å². The summed E-state index contributed by atoms with van der Waals surface area (Å²) in [6, 6.07) is 5.70. The molecule has 0 saturated carbocycles. The number of amides is 1. The van der Waals surface area contributed by atoms with E-state index in [2.05, 4.69) is 13.2 Å². The molecule has 0 radical (unpaired) electrons. The molecule has 0 aliphatic heterocycles. The summed E-state index contributed by atoms with van der Waals surface area (Å²) in [5, 5.41) is 0. The van der Waals surface area contributed by atoms with Gasteiger partial charge in [-0.15, -0.1) is 0 Å². The van der Waals surface area contributed by atoms with Crippen LogP contribution in [0.5, 0.6) is 0 Å². The zero-order valence-electron chi connectivity index (χ0n) is 11.6. The van der Waals surface area contributed by atoms with Gasteiger partial charge in [-0.3, -0.25) is 4.79 Å². The van der Waals surface area contributed by atoms with Gasteiger partial charge in [-0.2, -0.15) is 11.8 Å². The fourth-order valence-corrected chi connectivity index (χ4v) is 2.27. The molecule has 0 aliphatic carbocycles. The number of nitrogens with zero attached hydrogens (tertiary/aromatic N) is 1. The van der Waals surface area contributed by atoms with E-state index in [-0.39, 0.29) is 11.9 Å². The molecule has 1 aromatic rings.